The molecule has 2 nitrogen and oxygen atoms in total. The summed E-state index contributed by atoms with van der Waals surface area (Å²) in [5, 5.41) is 0. The number of aromatic nitrogens is 1. The summed E-state index contributed by atoms with van der Waals surface area (Å²) in [7, 11) is 0. The number of hydrogen-bond donors (Lipinski definition) is 0. The summed E-state index contributed by atoms with van der Waals surface area (Å²) in [6.45, 7) is 2.84. The fourth-order valence-corrected chi connectivity index (χ4v) is 2.53. The van der Waals surface area contributed by atoms with Crippen LogP contribution in [0.4, 0.5) is 8.78 Å². The van der Waals surface area contributed by atoms with E-state index in [1.54, 1.807) is 19.1 Å². The van der Waals surface area contributed by atoms with Crippen LogP contribution in [0.5, 0.6) is 0 Å². The Labute approximate surface area is 155 Å². The Morgan fingerprint density at radius 3 is 2.52 bits per heavy atom. The molecule has 109 valence electrons. The van der Waals surface area contributed by atoms with Crippen molar-refractivity contribution in [3.05, 3.63) is 56.3 Å². The second kappa shape index (κ2) is 7.75. The van der Waals surface area contributed by atoms with Gasteiger partial charge in [-0.15, -0.1) is 6.07 Å². The minimum Gasteiger partial charge on any atom is -0.336 e. The molecule has 1 aromatic heterocycles. The van der Waals surface area contributed by atoms with Gasteiger partial charge in [0.2, 0.25) is 0 Å². The summed E-state index contributed by atoms with van der Waals surface area (Å²) in [6, 6.07) is 9.97. The molecule has 21 heavy (non-hydrogen) atoms. The number of halogens is 3. The average Bonchev–Trinajstić information content (AvgIpc) is 2.36. The summed E-state index contributed by atoms with van der Waals surface area (Å²) in [5.41, 5.74) is 2.02. The minimum absolute atomic E-state index is 0. The second-order valence-corrected chi connectivity index (χ2v) is 5.50. The van der Waals surface area contributed by atoms with E-state index in [9.17, 15) is 13.6 Å². The fraction of sp³-hybridized carbons (Fsp3) is 0.267. The molecular weight excluding hydrogens is 417 g/mol. The zero-order valence-corrected chi connectivity index (χ0v) is 16.1. The predicted molar refractivity (Wildman–Crippen MR) is 78.2 cm³/mol. The monoisotopic (exact) mass is 429 g/mol. The molecule has 0 aliphatic carbocycles. The summed E-state index contributed by atoms with van der Waals surface area (Å²) in [5.74, 6) is 0. The molecule has 0 bridgehead atoms. The second-order valence-electron chi connectivity index (χ2n) is 4.59. The molecule has 2 aromatic rings. The first-order valence-electron chi connectivity index (χ1n) is 6.07. The van der Waals surface area contributed by atoms with Crippen molar-refractivity contribution < 1.29 is 41.5 Å². The Hall–Kier alpha value is -0.386. The number of nitrogens with zero attached hydrogens (tertiary/aromatic N) is 1. The van der Waals surface area contributed by atoms with E-state index >= 15 is 0 Å². The van der Waals surface area contributed by atoms with Crippen molar-refractivity contribution in [2.45, 2.75) is 26.8 Å². The largest absolute Gasteiger partial charge is 0.336 e. The van der Waals surface area contributed by atoms with E-state index in [1.165, 1.54) is 0 Å². The third kappa shape index (κ3) is 4.30. The molecule has 1 aromatic carbocycles. The maximum atomic E-state index is 12.7. The number of aryl methyl sites for hydroxylation is 2. The molecular formula is C15H13BrF2NOY-. The van der Waals surface area contributed by atoms with Gasteiger partial charge in [-0.3, -0.25) is 4.79 Å². The zero-order chi connectivity index (χ0) is 14.9. The number of benzene rings is 1. The third-order valence-electron chi connectivity index (χ3n) is 3.04. The Bertz CT molecular complexity index is 701. The molecule has 1 radical (unpaired) electrons. The normalized spacial score (nSPS) is 10.6. The van der Waals surface area contributed by atoms with Gasteiger partial charge in [0.1, 0.15) is 0 Å². The number of rotatable bonds is 3. The molecule has 0 spiro atoms. The van der Waals surface area contributed by atoms with E-state index in [1.807, 2.05) is 19.1 Å². The van der Waals surface area contributed by atoms with Crippen molar-refractivity contribution in [1.82, 2.24) is 4.57 Å². The molecule has 0 unspecified atom stereocenters. The van der Waals surface area contributed by atoms with Gasteiger partial charge in [-0.05, 0) is 0 Å². The molecule has 0 atom stereocenters. The van der Waals surface area contributed by atoms with Crippen LogP contribution < -0.4 is 5.56 Å². The van der Waals surface area contributed by atoms with Gasteiger partial charge in [0.25, 0.3) is 6.43 Å². The molecule has 2 rings (SSSR count). The van der Waals surface area contributed by atoms with Gasteiger partial charge in [0.05, 0.1) is 6.54 Å². The van der Waals surface area contributed by atoms with Crippen LogP contribution >= 0.6 is 15.9 Å². The van der Waals surface area contributed by atoms with E-state index < -0.39 is 18.5 Å². The fourth-order valence-electron chi connectivity index (χ4n) is 2.06. The molecule has 0 amide bonds. The van der Waals surface area contributed by atoms with E-state index in [0.29, 0.717) is 11.3 Å². The van der Waals surface area contributed by atoms with Crippen molar-refractivity contribution in [2.75, 3.05) is 0 Å². The standard InChI is InChI=1S/C15H13BrF2NO.Y/c1-9-3-6-13(19(15(9)20)8-14(17)18)12-5-4-11(16)7-10(12)2;/h3-5,7,14H,8H2,1-2H3;/q-1;. The molecule has 0 saturated carbocycles. The number of hydrogen-bond acceptors (Lipinski definition) is 1. The summed E-state index contributed by atoms with van der Waals surface area (Å²) < 4.78 is 27.4. The van der Waals surface area contributed by atoms with Crippen LogP contribution in [0.1, 0.15) is 11.1 Å². The molecule has 0 aliphatic rings. The van der Waals surface area contributed by atoms with Gasteiger partial charge in [0.15, 0.2) is 5.56 Å². The third-order valence-corrected chi connectivity index (χ3v) is 3.54. The van der Waals surface area contributed by atoms with Crippen LogP contribution in [0.15, 0.2) is 33.5 Å². The average molecular weight is 430 g/mol. The first-order chi connectivity index (χ1) is 9.40. The molecule has 0 N–H and O–H groups in total. The number of alkyl halides is 2. The van der Waals surface area contributed by atoms with Crippen LogP contribution in [0.3, 0.4) is 0 Å². The number of pyridine rings is 1. The van der Waals surface area contributed by atoms with Gasteiger partial charge in [-0.2, -0.15) is 12.1 Å². The van der Waals surface area contributed by atoms with Crippen molar-refractivity contribution in [3.63, 3.8) is 0 Å². The molecule has 0 saturated heterocycles. The minimum atomic E-state index is -2.59. The molecule has 0 aliphatic heterocycles. The summed E-state index contributed by atoms with van der Waals surface area (Å²) >= 11 is 3.35. The Morgan fingerprint density at radius 1 is 1.29 bits per heavy atom. The first kappa shape index (κ1) is 18.7. The Morgan fingerprint density at radius 2 is 1.95 bits per heavy atom. The van der Waals surface area contributed by atoms with Gasteiger partial charge >= 0.3 is 0 Å². The summed E-state index contributed by atoms with van der Waals surface area (Å²) in [4.78, 5) is 12.1. The van der Waals surface area contributed by atoms with Crippen LogP contribution in [-0.4, -0.2) is 11.0 Å². The van der Waals surface area contributed by atoms with Crippen LogP contribution in [0.2, 0.25) is 0 Å². The maximum absolute atomic E-state index is 12.7. The van der Waals surface area contributed by atoms with E-state index in [0.717, 1.165) is 20.2 Å². The quantitative estimate of drug-likeness (QED) is 0.677. The van der Waals surface area contributed by atoms with Crippen LogP contribution in [0, 0.1) is 19.9 Å². The van der Waals surface area contributed by atoms with Crippen molar-refractivity contribution in [2.24, 2.45) is 0 Å². The zero-order valence-electron chi connectivity index (χ0n) is 11.7. The van der Waals surface area contributed by atoms with Crippen molar-refractivity contribution >= 4 is 15.9 Å². The van der Waals surface area contributed by atoms with E-state index in [2.05, 4.69) is 22.0 Å². The van der Waals surface area contributed by atoms with Gasteiger partial charge < -0.3 is 4.57 Å². The Balaban J connectivity index is 0.00000220. The topological polar surface area (TPSA) is 22.0 Å². The van der Waals surface area contributed by atoms with Crippen LogP contribution in [-0.2, 0) is 39.3 Å². The van der Waals surface area contributed by atoms with Gasteiger partial charge in [-0.1, -0.05) is 64.3 Å². The van der Waals surface area contributed by atoms with Gasteiger partial charge in [0, 0.05) is 37.2 Å². The molecule has 1 heterocycles. The van der Waals surface area contributed by atoms with Crippen molar-refractivity contribution in [1.29, 1.82) is 0 Å². The van der Waals surface area contributed by atoms with E-state index in [4.69, 9.17) is 0 Å². The molecule has 6 heteroatoms. The van der Waals surface area contributed by atoms with Crippen LogP contribution in [0.25, 0.3) is 11.3 Å². The predicted octanol–water partition coefficient (Wildman–Crippen LogP) is 3.96. The first-order valence-corrected chi connectivity index (χ1v) is 6.86. The van der Waals surface area contributed by atoms with Crippen molar-refractivity contribution in [3.8, 4) is 11.3 Å². The van der Waals surface area contributed by atoms with Gasteiger partial charge in [-0.25, -0.2) is 8.78 Å². The SMILES string of the molecule is Cc1cc(Br)ccc1-c1[c-]cc(C)c(=O)n1CC(F)F.[Y]. The summed E-state index contributed by atoms with van der Waals surface area (Å²) in [6.07, 6.45) is -2.59. The molecule has 0 fully saturated rings. The Kier molecular flexibility index (Phi) is 6.89. The maximum Gasteiger partial charge on any atom is 0.256 e. The smallest absolute Gasteiger partial charge is 0.256 e. The van der Waals surface area contributed by atoms with E-state index in [-0.39, 0.29) is 32.7 Å².